The summed E-state index contributed by atoms with van der Waals surface area (Å²) in [5.41, 5.74) is 6.34. The third kappa shape index (κ3) is 3.69. The molecule has 96 valence electrons. The molecule has 1 aliphatic rings. The lowest BCUT2D eigenvalue weighted by molar-refractivity contribution is -0.128. The largest absolute Gasteiger partial charge is 0.368 e. The molecule has 4 nitrogen and oxygen atoms in total. The molecular formula is C13H15IN2O2. The molecular weight excluding hydrogens is 343 g/mol. The standard InChI is InChI=1S/C13H15IN2O2/c14-10-3-1-2-8(6-10)7-11(12(15)17)16-13(18)9-4-5-9/h1-3,6,9,11H,4-5,7H2,(H2,15,17)(H,16,18)/t11-/m1/s1. The fraction of sp³-hybridized carbons (Fsp3) is 0.385. The molecule has 0 aromatic heterocycles. The molecule has 0 saturated heterocycles. The van der Waals surface area contributed by atoms with Crippen molar-refractivity contribution in [2.24, 2.45) is 11.7 Å². The number of hydrogen-bond acceptors (Lipinski definition) is 2. The van der Waals surface area contributed by atoms with Crippen LogP contribution in [0, 0.1) is 9.49 Å². The second-order valence-corrected chi connectivity index (χ2v) is 5.82. The Morgan fingerprint density at radius 3 is 2.72 bits per heavy atom. The zero-order valence-electron chi connectivity index (χ0n) is 9.86. The van der Waals surface area contributed by atoms with Gasteiger partial charge in [-0.15, -0.1) is 0 Å². The van der Waals surface area contributed by atoms with Gasteiger partial charge in [0.25, 0.3) is 0 Å². The molecule has 0 radical (unpaired) electrons. The molecule has 18 heavy (non-hydrogen) atoms. The molecule has 1 atom stereocenters. The zero-order valence-corrected chi connectivity index (χ0v) is 12.0. The molecule has 0 aliphatic heterocycles. The monoisotopic (exact) mass is 358 g/mol. The number of carbonyl (C=O) groups is 2. The zero-order chi connectivity index (χ0) is 13.1. The van der Waals surface area contributed by atoms with Crippen LogP contribution < -0.4 is 11.1 Å². The number of carbonyl (C=O) groups excluding carboxylic acids is 2. The summed E-state index contributed by atoms with van der Waals surface area (Å²) < 4.78 is 1.10. The Morgan fingerprint density at radius 2 is 2.17 bits per heavy atom. The third-order valence-corrected chi connectivity index (χ3v) is 3.61. The number of benzene rings is 1. The third-order valence-electron chi connectivity index (χ3n) is 2.94. The highest BCUT2D eigenvalue weighted by Gasteiger charge is 2.32. The van der Waals surface area contributed by atoms with Crippen molar-refractivity contribution in [2.45, 2.75) is 25.3 Å². The lowest BCUT2D eigenvalue weighted by atomic mass is 10.1. The van der Waals surface area contributed by atoms with Crippen LogP contribution in [0.5, 0.6) is 0 Å². The Balaban J connectivity index is 2.01. The van der Waals surface area contributed by atoms with Gasteiger partial charge in [-0.25, -0.2) is 0 Å². The van der Waals surface area contributed by atoms with Crippen molar-refractivity contribution >= 4 is 34.4 Å². The number of primary amides is 1. The van der Waals surface area contributed by atoms with Gasteiger partial charge in [0.2, 0.25) is 11.8 Å². The quantitative estimate of drug-likeness (QED) is 0.777. The Labute approximate surface area is 119 Å². The lowest BCUT2D eigenvalue weighted by Gasteiger charge is -2.15. The van der Waals surface area contributed by atoms with Gasteiger partial charge in [0.15, 0.2) is 0 Å². The van der Waals surface area contributed by atoms with Crippen molar-refractivity contribution in [3.05, 3.63) is 33.4 Å². The van der Waals surface area contributed by atoms with Crippen molar-refractivity contribution < 1.29 is 9.59 Å². The predicted octanol–water partition coefficient (Wildman–Crippen LogP) is 1.21. The minimum Gasteiger partial charge on any atom is -0.368 e. The highest BCUT2D eigenvalue weighted by atomic mass is 127. The van der Waals surface area contributed by atoms with Crippen molar-refractivity contribution in [3.8, 4) is 0 Å². The predicted molar refractivity (Wildman–Crippen MR) is 76.7 cm³/mol. The smallest absolute Gasteiger partial charge is 0.240 e. The van der Waals surface area contributed by atoms with Crippen LogP contribution in [0.4, 0.5) is 0 Å². The van der Waals surface area contributed by atoms with Crippen LogP contribution in [0.15, 0.2) is 24.3 Å². The highest BCUT2D eigenvalue weighted by Crippen LogP contribution is 2.29. The molecule has 0 unspecified atom stereocenters. The minimum atomic E-state index is -0.615. The Morgan fingerprint density at radius 1 is 1.44 bits per heavy atom. The van der Waals surface area contributed by atoms with E-state index < -0.39 is 11.9 Å². The number of rotatable bonds is 5. The summed E-state index contributed by atoms with van der Waals surface area (Å²) in [6.07, 6.45) is 2.28. The normalized spacial score (nSPS) is 16.1. The topological polar surface area (TPSA) is 72.2 Å². The Kier molecular flexibility index (Phi) is 4.21. The number of amides is 2. The molecule has 5 heteroatoms. The first kappa shape index (κ1) is 13.3. The van der Waals surface area contributed by atoms with E-state index in [0.717, 1.165) is 22.0 Å². The Hall–Kier alpha value is -1.11. The van der Waals surface area contributed by atoms with E-state index in [-0.39, 0.29) is 11.8 Å². The molecule has 1 fully saturated rings. The summed E-state index contributed by atoms with van der Waals surface area (Å²) in [5.74, 6) is -0.449. The van der Waals surface area contributed by atoms with E-state index >= 15 is 0 Å². The van der Waals surface area contributed by atoms with Crippen molar-refractivity contribution in [2.75, 3.05) is 0 Å². The van der Waals surface area contributed by atoms with Gasteiger partial charge >= 0.3 is 0 Å². The maximum absolute atomic E-state index is 11.7. The van der Waals surface area contributed by atoms with Crippen LogP contribution in [0.3, 0.4) is 0 Å². The van der Waals surface area contributed by atoms with E-state index in [4.69, 9.17) is 5.73 Å². The van der Waals surface area contributed by atoms with E-state index in [0.29, 0.717) is 6.42 Å². The first-order valence-electron chi connectivity index (χ1n) is 5.90. The lowest BCUT2D eigenvalue weighted by Crippen LogP contribution is -2.46. The molecule has 2 rings (SSSR count). The first-order valence-corrected chi connectivity index (χ1v) is 6.98. The Bertz CT molecular complexity index is 472. The maximum atomic E-state index is 11.7. The van der Waals surface area contributed by atoms with Gasteiger partial charge in [-0.05, 0) is 53.1 Å². The van der Waals surface area contributed by atoms with Crippen molar-refractivity contribution in [3.63, 3.8) is 0 Å². The minimum absolute atomic E-state index is 0.0515. The van der Waals surface area contributed by atoms with Crippen molar-refractivity contribution in [1.82, 2.24) is 5.32 Å². The number of nitrogens with one attached hydrogen (secondary N) is 1. The second-order valence-electron chi connectivity index (χ2n) is 4.57. The molecule has 1 aromatic rings. The van der Waals surface area contributed by atoms with Gasteiger partial charge in [-0.1, -0.05) is 12.1 Å². The molecule has 1 aromatic carbocycles. The van der Waals surface area contributed by atoms with Crippen molar-refractivity contribution in [1.29, 1.82) is 0 Å². The summed E-state index contributed by atoms with van der Waals surface area (Å²) in [6, 6.07) is 7.21. The summed E-state index contributed by atoms with van der Waals surface area (Å²) in [4.78, 5) is 23.0. The van der Waals surface area contributed by atoms with Gasteiger partial charge in [0.1, 0.15) is 6.04 Å². The average Bonchev–Trinajstić information content (AvgIpc) is 3.11. The van der Waals surface area contributed by atoms with Crippen LogP contribution in [-0.2, 0) is 16.0 Å². The summed E-state index contributed by atoms with van der Waals surface area (Å²) in [5, 5.41) is 2.73. The van der Waals surface area contributed by atoms with Crippen LogP contribution in [0.2, 0.25) is 0 Å². The van der Waals surface area contributed by atoms with Gasteiger partial charge in [-0.2, -0.15) is 0 Å². The van der Waals surface area contributed by atoms with Crippen LogP contribution >= 0.6 is 22.6 Å². The molecule has 0 bridgehead atoms. The highest BCUT2D eigenvalue weighted by molar-refractivity contribution is 14.1. The fourth-order valence-electron chi connectivity index (χ4n) is 1.76. The van der Waals surface area contributed by atoms with Gasteiger partial charge in [0.05, 0.1) is 0 Å². The second kappa shape index (κ2) is 5.69. The van der Waals surface area contributed by atoms with E-state index in [2.05, 4.69) is 27.9 Å². The average molecular weight is 358 g/mol. The first-order chi connectivity index (χ1) is 8.56. The molecule has 1 aliphatic carbocycles. The number of hydrogen-bond donors (Lipinski definition) is 2. The van der Waals surface area contributed by atoms with Crippen LogP contribution in [0.1, 0.15) is 18.4 Å². The van der Waals surface area contributed by atoms with Crippen LogP contribution in [-0.4, -0.2) is 17.9 Å². The molecule has 0 spiro atoms. The maximum Gasteiger partial charge on any atom is 0.240 e. The molecule has 2 amide bonds. The van der Waals surface area contributed by atoms with E-state index in [1.165, 1.54) is 0 Å². The van der Waals surface area contributed by atoms with Gasteiger partial charge in [-0.3, -0.25) is 9.59 Å². The molecule has 0 heterocycles. The SMILES string of the molecule is NC(=O)[C@@H](Cc1cccc(I)c1)NC(=O)C1CC1. The van der Waals surface area contributed by atoms with E-state index in [1.54, 1.807) is 0 Å². The summed E-state index contributed by atoms with van der Waals surface area (Å²) >= 11 is 2.21. The van der Waals surface area contributed by atoms with E-state index in [9.17, 15) is 9.59 Å². The van der Waals surface area contributed by atoms with Crippen LogP contribution in [0.25, 0.3) is 0 Å². The molecule has 1 saturated carbocycles. The molecule has 3 N–H and O–H groups in total. The summed E-state index contributed by atoms with van der Waals surface area (Å²) in [6.45, 7) is 0. The van der Waals surface area contributed by atoms with Gasteiger partial charge < -0.3 is 11.1 Å². The fourth-order valence-corrected chi connectivity index (χ4v) is 2.37. The number of nitrogens with two attached hydrogens (primary N) is 1. The van der Waals surface area contributed by atoms with Gasteiger partial charge in [0, 0.05) is 15.9 Å². The summed E-state index contributed by atoms with van der Waals surface area (Å²) in [7, 11) is 0. The number of halogens is 1. The van der Waals surface area contributed by atoms with E-state index in [1.807, 2.05) is 24.3 Å².